The Morgan fingerprint density at radius 3 is 1.39 bits per heavy atom. The zero-order valence-corrected chi connectivity index (χ0v) is 38.6. The number of fused-ring (bicyclic) bond motifs is 6. The van der Waals surface area contributed by atoms with Gasteiger partial charge in [0.25, 0.3) is 11.8 Å². The molecule has 10 rings (SSSR count). The molecule has 0 radical (unpaired) electrons. The van der Waals surface area contributed by atoms with Crippen molar-refractivity contribution in [3.05, 3.63) is 191 Å². The van der Waals surface area contributed by atoms with Crippen LogP contribution in [0.5, 0.6) is 11.5 Å². The van der Waals surface area contributed by atoms with Crippen LogP contribution in [-0.2, 0) is 10.8 Å². The third kappa shape index (κ3) is 8.81. The van der Waals surface area contributed by atoms with Crippen LogP contribution in [0, 0.1) is 25.7 Å². The first-order valence-corrected chi connectivity index (χ1v) is 23.7. The summed E-state index contributed by atoms with van der Waals surface area (Å²) in [5, 5.41) is 5.97. The van der Waals surface area contributed by atoms with Crippen LogP contribution in [0.25, 0.3) is 11.1 Å². The summed E-state index contributed by atoms with van der Waals surface area (Å²) in [4.78, 5) is 34.4. The predicted octanol–water partition coefficient (Wildman–Crippen LogP) is 13.1. The second-order valence-corrected chi connectivity index (χ2v) is 18.3. The van der Waals surface area contributed by atoms with Crippen LogP contribution in [0.1, 0.15) is 120 Å². The highest BCUT2D eigenvalue weighted by atomic mass is 16.5. The molecule has 0 bridgehead atoms. The number of carbonyl (C=O) groups excluding carboxylic acids is 2. The number of rotatable bonds is 8. The number of anilines is 2. The first-order chi connectivity index (χ1) is 32.2. The highest BCUT2D eigenvalue weighted by Gasteiger charge is 2.45. The Hall–Kier alpha value is -6.80. The van der Waals surface area contributed by atoms with E-state index in [1.165, 1.54) is 33.4 Å². The Bertz CT molecular complexity index is 2590. The van der Waals surface area contributed by atoms with Gasteiger partial charge < -0.3 is 20.1 Å². The lowest BCUT2D eigenvalue weighted by molar-refractivity contribution is 0.101. The lowest BCUT2D eigenvalue weighted by atomic mass is 9.60. The summed E-state index contributed by atoms with van der Waals surface area (Å²) in [6.07, 6.45) is 16.5. The van der Waals surface area contributed by atoms with Crippen LogP contribution in [-0.4, -0.2) is 35.0 Å². The fraction of sp³-hybridized carbons (Fsp3) is 0.310. The number of aryl methyl sites for hydroxylation is 2. The Morgan fingerprint density at radius 2 is 1.00 bits per heavy atom. The summed E-state index contributed by atoms with van der Waals surface area (Å²) in [7, 11) is 0. The van der Waals surface area contributed by atoms with Crippen molar-refractivity contribution in [2.45, 2.75) is 89.9 Å². The quantitative estimate of drug-likeness (QED) is 0.158. The number of nitrogens with zero attached hydrogens (tertiary/aromatic N) is 2. The number of carbonyl (C=O) groups is 2. The third-order valence-electron chi connectivity index (χ3n) is 15.0. The molecule has 0 saturated carbocycles. The number of hydrogen-bond donors (Lipinski definition) is 2. The maximum absolute atomic E-state index is 13.0. The molecular weight excluding hydrogens is 817 g/mol. The molecule has 2 aliphatic heterocycles. The molecule has 4 atom stereocenters. The highest BCUT2D eigenvalue weighted by Crippen LogP contribution is 2.54. The molecule has 0 spiro atoms. The van der Waals surface area contributed by atoms with E-state index in [1.54, 1.807) is 12.4 Å². The number of aromatic nitrogens is 2. The van der Waals surface area contributed by atoms with Crippen LogP contribution in [0.3, 0.4) is 0 Å². The van der Waals surface area contributed by atoms with Crippen molar-refractivity contribution in [2.75, 3.05) is 23.8 Å². The van der Waals surface area contributed by atoms with Crippen LogP contribution in [0.15, 0.2) is 146 Å². The van der Waals surface area contributed by atoms with Crippen molar-refractivity contribution < 1.29 is 19.1 Å². The molecule has 2 aromatic heterocycles. The van der Waals surface area contributed by atoms with Crippen molar-refractivity contribution in [1.29, 1.82) is 0 Å². The van der Waals surface area contributed by atoms with Gasteiger partial charge >= 0.3 is 0 Å². The van der Waals surface area contributed by atoms with Crippen LogP contribution >= 0.6 is 0 Å². The number of allylic oxidation sites excluding steroid dienone is 4. The van der Waals surface area contributed by atoms with E-state index in [-0.39, 0.29) is 22.6 Å². The molecule has 4 aliphatic rings. The van der Waals surface area contributed by atoms with E-state index >= 15 is 0 Å². The monoisotopic (exact) mass is 876 g/mol. The van der Waals surface area contributed by atoms with Gasteiger partial charge in [0, 0.05) is 45.5 Å². The molecule has 2 N–H and O–H groups in total. The lowest BCUT2D eigenvalue weighted by Crippen LogP contribution is -2.36. The van der Waals surface area contributed by atoms with E-state index in [1.807, 2.05) is 62.4 Å². The van der Waals surface area contributed by atoms with Crippen LogP contribution in [0.4, 0.5) is 11.4 Å². The highest BCUT2D eigenvalue weighted by molar-refractivity contribution is 6.05. The van der Waals surface area contributed by atoms with Gasteiger partial charge in [0.05, 0.1) is 36.0 Å². The second-order valence-electron chi connectivity index (χ2n) is 18.3. The molecule has 8 nitrogen and oxygen atoms in total. The number of hydrogen-bond acceptors (Lipinski definition) is 6. The first-order valence-electron chi connectivity index (χ1n) is 23.7. The molecule has 66 heavy (non-hydrogen) atoms. The van der Waals surface area contributed by atoms with Crippen molar-refractivity contribution in [3.63, 3.8) is 0 Å². The molecular formula is C58H60N4O4. The standard InChI is InChI=1S/2C29H30N2O2/c2*1-3-29-15-13-22(21-8-5-4-6-9-21)18-24(29)14-17-33-27-19-23(11-12-25(27)29)28(32)31-26-10-7-16-30-20(26)2/h2*4-13,16,19,24H,3,14-15,17-18H2,1-2H3,(H,31,32)/t2*24-,29+/m10/s1. The van der Waals surface area contributed by atoms with Crippen molar-refractivity contribution in [2.24, 2.45) is 11.8 Å². The molecule has 4 heterocycles. The molecule has 8 heteroatoms. The summed E-state index contributed by atoms with van der Waals surface area (Å²) < 4.78 is 12.5. The molecule has 2 aliphatic carbocycles. The Labute approximate surface area is 389 Å². The van der Waals surface area contributed by atoms with Gasteiger partial charge in [0.2, 0.25) is 0 Å². The zero-order chi connectivity index (χ0) is 45.7. The zero-order valence-electron chi connectivity index (χ0n) is 38.6. The molecule has 6 aromatic rings. The average Bonchev–Trinajstić information content (AvgIpc) is 3.63. The van der Waals surface area contributed by atoms with E-state index in [4.69, 9.17) is 9.47 Å². The van der Waals surface area contributed by atoms with Gasteiger partial charge in [0.15, 0.2) is 0 Å². The fourth-order valence-electron chi connectivity index (χ4n) is 11.1. The normalized spacial score (nSPS) is 21.6. The number of benzene rings is 4. The van der Waals surface area contributed by atoms with Gasteiger partial charge in [-0.15, -0.1) is 0 Å². The van der Waals surface area contributed by atoms with Crippen molar-refractivity contribution in [1.82, 2.24) is 9.97 Å². The minimum Gasteiger partial charge on any atom is -0.493 e. The molecule has 0 fully saturated rings. The summed E-state index contributed by atoms with van der Waals surface area (Å²) in [6, 6.07) is 40.8. The van der Waals surface area contributed by atoms with Crippen LogP contribution in [0.2, 0.25) is 0 Å². The van der Waals surface area contributed by atoms with Gasteiger partial charge in [0.1, 0.15) is 11.5 Å². The van der Waals surface area contributed by atoms with Gasteiger partial charge in [-0.2, -0.15) is 0 Å². The van der Waals surface area contributed by atoms with Crippen LogP contribution < -0.4 is 20.1 Å². The SMILES string of the molecule is CC[C@@]12CC=C(c3ccccc3)C[C@@H]1CCOc1cc(C(=O)Nc3cccnc3C)ccc12.CC[C@]12CC=C(c3ccccc3)C[C@H]1CCOc1cc(C(=O)Nc3cccnc3C)ccc12. The second kappa shape index (κ2) is 19.4. The largest absolute Gasteiger partial charge is 0.493 e. The van der Waals surface area contributed by atoms with E-state index in [9.17, 15) is 9.59 Å². The Kier molecular flexibility index (Phi) is 13.0. The Morgan fingerprint density at radius 1 is 0.576 bits per heavy atom. The van der Waals surface area contributed by atoms with Gasteiger partial charge in [-0.1, -0.05) is 98.8 Å². The van der Waals surface area contributed by atoms with Gasteiger partial charge in [-0.05, 0) is 148 Å². The third-order valence-corrected chi connectivity index (χ3v) is 15.0. The number of amides is 2. The van der Waals surface area contributed by atoms with Gasteiger partial charge in [-0.25, -0.2) is 0 Å². The maximum Gasteiger partial charge on any atom is 0.255 e. The van der Waals surface area contributed by atoms with E-state index in [0.717, 1.165) is 85.6 Å². The fourth-order valence-corrected chi connectivity index (χ4v) is 11.1. The van der Waals surface area contributed by atoms with Gasteiger partial charge in [-0.3, -0.25) is 19.6 Å². The smallest absolute Gasteiger partial charge is 0.255 e. The average molecular weight is 877 g/mol. The van der Waals surface area contributed by atoms with Crippen molar-refractivity contribution in [3.8, 4) is 11.5 Å². The van der Waals surface area contributed by atoms with Crippen molar-refractivity contribution >= 4 is 34.3 Å². The summed E-state index contributed by atoms with van der Waals surface area (Å²) in [5.41, 5.74) is 12.4. The first kappa shape index (κ1) is 44.4. The summed E-state index contributed by atoms with van der Waals surface area (Å²) in [5.74, 6) is 2.46. The number of nitrogens with one attached hydrogen (secondary N) is 2. The minimum absolute atomic E-state index is 0.0407. The number of ether oxygens (including phenoxy) is 2. The minimum atomic E-state index is -0.140. The molecule has 0 unspecified atom stereocenters. The molecule has 336 valence electrons. The van der Waals surface area contributed by atoms with E-state index in [0.29, 0.717) is 36.2 Å². The summed E-state index contributed by atoms with van der Waals surface area (Å²) >= 11 is 0. The predicted molar refractivity (Wildman–Crippen MR) is 265 cm³/mol. The maximum atomic E-state index is 13.0. The Balaban J connectivity index is 0.000000166. The number of pyridine rings is 2. The van der Waals surface area contributed by atoms with E-state index in [2.05, 4.69) is 119 Å². The van der Waals surface area contributed by atoms with E-state index < -0.39 is 0 Å². The molecule has 0 saturated heterocycles. The lowest BCUT2D eigenvalue weighted by Gasteiger charge is -2.43. The molecule has 4 aromatic carbocycles. The topological polar surface area (TPSA) is 102 Å². The molecule has 2 amide bonds. The summed E-state index contributed by atoms with van der Waals surface area (Å²) in [6.45, 7) is 9.70.